The lowest BCUT2D eigenvalue weighted by atomic mass is 10.2. The van der Waals surface area contributed by atoms with E-state index >= 15 is 0 Å². The fraction of sp³-hybridized carbons (Fsp3) is 0.143. The lowest BCUT2D eigenvalue weighted by molar-refractivity contribution is 0.322. The number of ether oxygens (including phenoxy) is 1. The maximum atomic E-state index is 5.63. The van der Waals surface area contributed by atoms with E-state index in [4.69, 9.17) is 10.5 Å². The van der Waals surface area contributed by atoms with Gasteiger partial charge in [-0.05, 0) is 42.0 Å². The van der Waals surface area contributed by atoms with Gasteiger partial charge in [-0.15, -0.1) is 0 Å². The van der Waals surface area contributed by atoms with Gasteiger partial charge in [0.15, 0.2) is 0 Å². The van der Waals surface area contributed by atoms with Crippen molar-refractivity contribution >= 4 is 21.6 Å². The van der Waals surface area contributed by atoms with E-state index in [1.54, 1.807) is 0 Å². The molecule has 88 valence electrons. The summed E-state index contributed by atoms with van der Waals surface area (Å²) in [5.41, 5.74) is 7.62. The molecule has 0 amide bonds. The Kier molecular flexibility index (Phi) is 4.04. The van der Waals surface area contributed by atoms with Gasteiger partial charge in [-0.2, -0.15) is 0 Å². The Bertz CT molecular complexity index is 419. The molecule has 3 heteroatoms. The number of nitrogens with two attached hydrogens (primary N) is 1. The van der Waals surface area contributed by atoms with Crippen molar-refractivity contribution in [1.82, 2.24) is 0 Å². The van der Waals surface area contributed by atoms with E-state index in [2.05, 4.69) is 28.1 Å². The summed E-state index contributed by atoms with van der Waals surface area (Å²) >= 11 is 3.41. The maximum absolute atomic E-state index is 5.63. The van der Waals surface area contributed by atoms with E-state index < -0.39 is 0 Å². The Hall–Kier alpha value is -1.48. The molecule has 0 bridgehead atoms. The topological polar surface area (TPSA) is 35.2 Å². The molecule has 2 aromatic carbocycles. The maximum Gasteiger partial charge on any atom is 0.119 e. The fourth-order valence-electron chi connectivity index (χ4n) is 1.50. The second-order valence-corrected chi connectivity index (χ2v) is 4.71. The summed E-state index contributed by atoms with van der Waals surface area (Å²) in [4.78, 5) is 0. The van der Waals surface area contributed by atoms with Crippen LogP contribution < -0.4 is 10.5 Å². The second-order valence-electron chi connectivity index (χ2n) is 3.79. The van der Waals surface area contributed by atoms with Crippen LogP contribution in [-0.4, -0.2) is 6.61 Å². The molecule has 17 heavy (non-hydrogen) atoms. The first-order valence-electron chi connectivity index (χ1n) is 5.47. The molecule has 0 heterocycles. The molecule has 0 aliphatic carbocycles. The Morgan fingerprint density at radius 3 is 2.24 bits per heavy atom. The molecule has 0 aliphatic heterocycles. The van der Waals surface area contributed by atoms with Crippen LogP contribution in [0.4, 0.5) is 5.69 Å². The van der Waals surface area contributed by atoms with Gasteiger partial charge in [-0.1, -0.05) is 28.1 Å². The molecule has 0 unspecified atom stereocenters. The molecular weight excluding hydrogens is 278 g/mol. The predicted octanol–water partition coefficient (Wildman–Crippen LogP) is 3.65. The molecule has 0 spiro atoms. The first-order chi connectivity index (χ1) is 8.24. The smallest absolute Gasteiger partial charge is 0.119 e. The Labute approximate surface area is 110 Å². The van der Waals surface area contributed by atoms with Crippen molar-refractivity contribution in [1.29, 1.82) is 0 Å². The van der Waals surface area contributed by atoms with E-state index in [1.807, 2.05) is 36.4 Å². The molecule has 2 aromatic rings. The number of hydrogen-bond donors (Lipinski definition) is 1. The molecular formula is C14H14BrNO. The summed E-state index contributed by atoms with van der Waals surface area (Å²) in [6.45, 7) is 0.672. The van der Waals surface area contributed by atoms with Gasteiger partial charge in [-0.3, -0.25) is 0 Å². The molecule has 2 N–H and O–H groups in total. The van der Waals surface area contributed by atoms with E-state index in [9.17, 15) is 0 Å². The number of rotatable bonds is 4. The number of hydrogen-bond acceptors (Lipinski definition) is 2. The van der Waals surface area contributed by atoms with Crippen molar-refractivity contribution in [3.63, 3.8) is 0 Å². The first kappa shape index (κ1) is 12.0. The monoisotopic (exact) mass is 291 g/mol. The molecule has 0 radical (unpaired) electrons. The van der Waals surface area contributed by atoms with Gasteiger partial charge < -0.3 is 10.5 Å². The number of anilines is 1. The zero-order valence-electron chi connectivity index (χ0n) is 9.40. The Morgan fingerprint density at radius 1 is 0.941 bits per heavy atom. The second kappa shape index (κ2) is 5.73. The van der Waals surface area contributed by atoms with Crippen molar-refractivity contribution in [2.24, 2.45) is 0 Å². The standard InChI is InChI=1S/C14H14BrNO/c15-12-3-1-11(2-4-12)9-10-17-14-7-5-13(16)6-8-14/h1-8H,9-10,16H2. The van der Waals surface area contributed by atoms with Gasteiger partial charge in [0.1, 0.15) is 5.75 Å². The summed E-state index contributed by atoms with van der Waals surface area (Å²) in [7, 11) is 0. The highest BCUT2D eigenvalue weighted by Crippen LogP contribution is 2.14. The molecule has 2 rings (SSSR count). The summed E-state index contributed by atoms with van der Waals surface area (Å²) in [5.74, 6) is 0.858. The minimum atomic E-state index is 0.672. The average molecular weight is 292 g/mol. The van der Waals surface area contributed by atoms with Gasteiger partial charge in [0, 0.05) is 16.6 Å². The molecule has 0 saturated carbocycles. The van der Waals surface area contributed by atoms with Crippen molar-refractivity contribution in [2.75, 3.05) is 12.3 Å². The van der Waals surface area contributed by atoms with Gasteiger partial charge >= 0.3 is 0 Å². The van der Waals surface area contributed by atoms with Crippen molar-refractivity contribution in [3.8, 4) is 5.75 Å². The van der Waals surface area contributed by atoms with E-state index in [1.165, 1.54) is 5.56 Å². The van der Waals surface area contributed by atoms with Crippen LogP contribution in [0, 0.1) is 0 Å². The van der Waals surface area contributed by atoms with Crippen LogP contribution in [0.1, 0.15) is 5.56 Å². The molecule has 0 atom stereocenters. The lowest BCUT2D eigenvalue weighted by Gasteiger charge is -2.06. The van der Waals surface area contributed by atoms with Crippen LogP contribution in [0.3, 0.4) is 0 Å². The summed E-state index contributed by atoms with van der Waals surface area (Å²) in [5, 5.41) is 0. The van der Waals surface area contributed by atoms with Crippen LogP contribution >= 0.6 is 15.9 Å². The quantitative estimate of drug-likeness (QED) is 0.873. The van der Waals surface area contributed by atoms with Crippen molar-refractivity contribution in [2.45, 2.75) is 6.42 Å². The summed E-state index contributed by atoms with van der Waals surface area (Å²) in [6, 6.07) is 15.7. The van der Waals surface area contributed by atoms with Crippen molar-refractivity contribution in [3.05, 3.63) is 58.6 Å². The van der Waals surface area contributed by atoms with Crippen LogP contribution in [0.15, 0.2) is 53.0 Å². The molecule has 0 saturated heterocycles. The van der Waals surface area contributed by atoms with Gasteiger partial charge in [-0.25, -0.2) is 0 Å². The highest BCUT2D eigenvalue weighted by Gasteiger charge is 1.96. The third-order valence-electron chi connectivity index (χ3n) is 2.45. The minimum absolute atomic E-state index is 0.672. The van der Waals surface area contributed by atoms with Gasteiger partial charge in [0.05, 0.1) is 6.61 Å². The van der Waals surface area contributed by atoms with E-state index in [-0.39, 0.29) is 0 Å². The molecule has 0 fully saturated rings. The third kappa shape index (κ3) is 3.79. The molecule has 0 aliphatic rings. The van der Waals surface area contributed by atoms with Crippen LogP contribution in [0.2, 0.25) is 0 Å². The van der Waals surface area contributed by atoms with Crippen LogP contribution in [0.5, 0.6) is 5.75 Å². The Balaban J connectivity index is 1.83. The molecule has 2 nitrogen and oxygen atoms in total. The largest absolute Gasteiger partial charge is 0.493 e. The van der Waals surface area contributed by atoms with E-state index in [0.717, 1.165) is 22.3 Å². The highest BCUT2D eigenvalue weighted by atomic mass is 79.9. The lowest BCUT2D eigenvalue weighted by Crippen LogP contribution is -2.01. The van der Waals surface area contributed by atoms with Gasteiger partial charge in [0.2, 0.25) is 0 Å². The van der Waals surface area contributed by atoms with Crippen LogP contribution in [0.25, 0.3) is 0 Å². The van der Waals surface area contributed by atoms with Crippen LogP contribution in [-0.2, 0) is 6.42 Å². The predicted molar refractivity (Wildman–Crippen MR) is 74.2 cm³/mol. The zero-order chi connectivity index (χ0) is 12.1. The first-order valence-corrected chi connectivity index (χ1v) is 6.26. The van der Waals surface area contributed by atoms with Gasteiger partial charge in [0.25, 0.3) is 0 Å². The number of benzene rings is 2. The highest BCUT2D eigenvalue weighted by molar-refractivity contribution is 9.10. The summed E-state index contributed by atoms with van der Waals surface area (Å²) < 4.78 is 6.73. The zero-order valence-corrected chi connectivity index (χ0v) is 11.0. The average Bonchev–Trinajstić information content (AvgIpc) is 2.34. The normalized spacial score (nSPS) is 10.2. The number of nitrogen functional groups attached to an aromatic ring is 1. The SMILES string of the molecule is Nc1ccc(OCCc2ccc(Br)cc2)cc1. The minimum Gasteiger partial charge on any atom is -0.493 e. The number of halogens is 1. The Morgan fingerprint density at radius 2 is 1.59 bits per heavy atom. The fourth-order valence-corrected chi connectivity index (χ4v) is 1.77. The molecule has 0 aromatic heterocycles. The van der Waals surface area contributed by atoms with E-state index in [0.29, 0.717) is 6.61 Å². The third-order valence-corrected chi connectivity index (χ3v) is 2.98. The van der Waals surface area contributed by atoms with Crippen molar-refractivity contribution < 1.29 is 4.74 Å². The summed E-state index contributed by atoms with van der Waals surface area (Å²) in [6.07, 6.45) is 0.900.